The van der Waals surface area contributed by atoms with Crippen LogP contribution in [-0.4, -0.2) is 23.6 Å². The van der Waals surface area contributed by atoms with Crippen molar-refractivity contribution in [3.63, 3.8) is 0 Å². The van der Waals surface area contributed by atoms with Gasteiger partial charge in [0.15, 0.2) is 0 Å². The molecule has 4 nitrogen and oxygen atoms in total. The molecule has 1 aromatic carbocycles. The Morgan fingerprint density at radius 3 is 2.95 bits per heavy atom. The lowest BCUT2D eigenvalue weighted by Gasteiger charge is -2.29. The Bertz CT molecular complexity index is 683. The van der Waals surface area contributed by atoms with Gasteiger partial charge in [0.2, 0.25) is 0 Å². The third-order valence-electron chi connectivity index (χ3n) is 3.78. The van der Waals surface area contributed by atoms with Crippen molar-refractivity contribution in [1.29, 1.82) is 0 Å². The number of hydrogen-bond donors (Lipinski definition) is 1. The average Bonchev–Trinajstić information content (AvgIpc) is 2.42. The molecule has 1 fully saturated rings. The van der Waals surface area contributed by atoms with Crippen molar-refractivity contribution in [3.05, 3.63) is 34.4 Å². The van der Waals surface area contributed by atoms with Gasteiger partial charge in [-0.2, -0.15) is 0 Å². The molecule has 3 rings (SSSR count). The Hall–Kier alpha value is -1.62. The second kappa shape index (κ2) is 6.02. The highest BCUT2D eigenvalue weighted by atomic mass is 79.9. The number of aromatic nitrogens is 1. The minimum Gasteiger partial charge on any atom is -0.462 e. The van der Waals surface area contributed by atoms with E-state index in [1.54, 1.807) is 6.20 Å². The van der Waals surface area contributed by atoms with E-state index >= 15 is 0 Å². The summed E-state index contributed by atoms with van der Waals surface area (Å²) in [5.74, 6) is -0.325. The van der Waals surface area contributed by atoms with Gasteiger partial charge in [-0.1, -0.05) is 15.9 Å². The standard InChI is InChI=1S/C16H17BrN2O2/c1-2-21-16(20)13-9-18-14-7-6-10(17)8-12(14)15(13)19-11-4-3-5-11/h6-9,11H,2-5H2,1H3,(H,18,19). The molecule has 1 heterocycles. The van der Waals surface area contributed by atoms with Crippen LogP contribution in [0.3, 0.4) is 0 Å². The maximum absolute atomic E-state index is 12.2. The van der Waals surface area contributed by atoms with Crippen LogP contribution in [0.4, 0.5) is 5.69 Å². The number of carbonyl (C=O) groups is 1. The lowest BCUT2D eigenvalue weighted by molar-refractivity contribution is 0.0527. The van der Waals surface area contributed by atoms with Crippen LogP contribution in [0.5, 0.6) is 0 Å². The van der Waals surface area contributed by atoms with Crippen molar-refractivity contribution >= 4 is 38.5 Å². The zero-order valence-electron chi connectivity index (χ0n) is 11.9. The van der Waals surface area contributed by atoms with E-state index < -0.39 is 0 Å². The third-order valence-corrected chi connectivity index (χ3v) is 4.27. The van der Waals surface area contributed by atoms with Gasteiger partial charge in [0.25, 0.3) is 0 Å². The van der Waals surface area contributed by atoms with E-state index in [9.17, 15) is 4.79 Å². The number of hydrogen-bond acceptors (Lipinski definition) is 4. The fourth-order valence-electron chi connectivity index (χ4n) is 2.44. The van der Waals surface area contributed by atoms with Gasteiger partial charge in [-0.05, 0) is 44.4 Å². The van der Waals surface area contributed by atoms with Crippen LogP contribution >= 0.6 is 15.9 Å². The minimum atomic E-state index is -0.325. The Balaban J connectivity index is 2.11. The fourth-order valence-corrected chi connectivity index (χ4v) is 2.80. The SMILES string of the molecule is CCOC(=O)c1cnc2ccc(Br)cc2c1NC1CCC1. The van der Waals surface area contributed by atoms with Gasteiger partial charge in [0.1, 0.15) is 5.56 Å². The Morgan fingerprint density at radius 2 is 2.29 bits per heavy atom. The number of fused-ring (bicyclic) bond motifs is 1. The first kappa shape index (κ1) is 14.3. The van der Waals surface area contributed by atoms with E-state index in [1.807, 2.05) is 25.1 Å². The molecule has 1 aromatic heterocycles. The van der Waals surface area contributed by atoms with Gasteiger partial charge >= 0.3 is 5.97 Å². The zero-order chi connectivity index (χ0) is 14.8. The topological polar surface area (TPSA) is 51.2 Å². The first-order chi connectivity index (χ1) is 10.2. The van der Waals surface area contributed by atoms with Gasteiger partial charge in [-0.3, -0.25) is 4.98 Å². The van der Waals surface area contributed by atoms with Crippen LogP contribution in [0.25, 0.3) is 10.9 Å². The monoisotopic (exact) mass is 348 g/mol. The van der Waals surface area contributed by atoms with E-state index in [0.717, 1.165) is 33.9 Å². The zero-order valence-corrected chi connectivity index (χ0v) is 13.4. The smallest absolute Gasteiger partial charge is 0.341 e. The molecule has 0 radical (unpaired) electrons. The molecule has 21 heavy (non-hydrogen) atoms. The molecule has 0 bridgehead atoms. The van der Waals surface area contributed by atoms with E-state index in [-0.39, 0.29) is 5.97 Å². The molecule has 0 unspecified atom stereocenters. The molecule has 0 saturated heterocycles. The number of carbonyl (C=O) groups excluding carboxylic acids is 1. The molecule has 1 aliphatic rings. The van der Waals surface area contributed by atoms with Crippen LogP contribution in [-0.2, 0) is 4.74 Å². The lowest BCUT2D eigenvalue weighted by atomic mass is 9.92. The molecule has 0 atom stereocenters. The first-order valence-electron chi connectivity index (χ1n) is 7.21. The minimum absolute atomic E-state index is 0.325. The lowest BCUT2D eigenvalue weighted by Crippen LogP contribution is -2.28. The first-order valence-corrected chi connectivity index (χ1v) is 8.00. The number of rotatable bonds is 4. The van der Waals surface area contributed by atoms with Crippen LogP contribution in [0.2, 0.25) is 0 Å². The normalized spacial score (nSPS) is 14.8. The summed E-state index contributed by atoms with van der Waals surface area (Å²) in [5, 5.41) is 4.44. The third kappa shape index (κ3) is 2.88. The number of anilines is 1. The van der Waals surface area contributed by atoms with Crippen molar-refractivity contribution < 1.29 is 9.53 Å². The summed E-state index contributed by atoms with van der Waals surface area (Å²) < 4.78 is 6.12. The average molecular weight is 349 g/mol. The van der Waals surface area contributed by atoms with E-state index in [4.69, 9.17) is 4.74 Å². The maximum atomic E-state index is 12.2. The van der Waals surface area contributed by atoms with Gasteiger partial charge in [-0.25, -0.2) is 4.79 Å². The van der Waals surface area contributed by atoms with Gasteiger partial charge < -0.3 is 10.1 Å². The summed E-state index contributed by atoms with van der Waals surface area (Å²) in [6, 6.07) is 6.32. The molecule has 0 spiro atoms. The number of esters is 1. The number of ether oxygens (including phenoxy) is 1. The van der Waals surface area contributed by atoms with Crippen molar-refractivity contribution in [2.45, 2.75) is 32.2 Å². The highest BCUT2D eigenvalue weighted by Crippen LogP contribution is 2.32. The number of nitrogens with zero attached hydrogens (tertiary/aromatic N) is 1. The van der Waals surface area contributed by atoms with E-state index in [2.05, 4.69) is 26.2 Å². The number of pyridine rings is 1. The molecular weight excluding hydrogens is 332 g/mol. The van der Waals surface area contributed by atoms with Gasteiger partial charge in [0, 0.05) is 22.1 Å². The molecule has 5 heteroatoms. The van der Waals surface area contributed by atoms with E-state index in [0.29, 0.717) is 18.2 Å². The molecule has 0 amide bonds. The van der Waals surface area contributed by atoms with Crippen LogP contribution < -0.4 is 5.32 Å². The van der Waals surface area contributed by atoms with Crippen LogP contribution in [0.15, 0.2) is 28.9 Å². The molecule has 0 aliphatic heterocycles. The molecule has 1 saturated carbocycles. The predicted octanol–water partition coefficient (Wildman–Crippen LogP) is 4.14. The summed E-state index contributed by atoms with van der Waals surface area (Å²) >= 11 is 3.48. The highest BCUT2D eigenvalue weighted by molar-refractivity contribution is 9.10. The van der Waals surface area contributed by atoms with E-state index in [1.165, 1.54) is 6.42 Å². The van der Waals surface area contributed by atoms with Crippen molar-refractivity contribution in [3.8, 4) is 0 Å². The summed E-state index contributed by atoms with van der Waals surface area (Å²) in [7, 11) is 0. The summed E-state index contributed by atoms with van der Waals surface area (Å²) in [6.07, 6.45) is 5.12. The fraction of sp³-hybridized carbons (Fsp3) is 0.375. The van der Waals surface area contributed by atoms with Gasteiger partial charge in [0.05, 0.1) is 17.8 Å². The maximum Gasteiger partial charge on any atom is 0.341 e. The Morgan fingerprint density at radius 1 is 1.48 bits per heavy atom. The number of nitrogens with one attached hydrogen (secondary N) is 1. The highest BCUT2D eigenvalue weighted by Gasteiger charge is 2.22. The second-order valence-corrected chi connectivity index (χ2v) is 6.12. The van der Waals surface area contributed by atoms with Crippen molar-refractivity contribution in [1.82, 2.24) is 4.98 Å². The van der Waals surface area contributed by atoms with Crippen molar-refractivity contribution in [2.24, 2.45) is 0 Å². The quantitative estimate of drug-likeness (QED) is 0.843. The van der Waals surface area contributed by atoms with Gasteiger partial charge in [-0.15, -0.1) is 0 Å². The van der Waals surface area contributed by atoms with Crippen LogP contribution in [0.1, 0.15) is 36.5 Å². The molecule has 1 N–H and O–H groups in total. The summed E-state index contributed by atoms with van der Waals surface area (Å²) in [5.41, 5.74) is 2.21. The van der Waals surface area contributed by atoms with Crippen molar-refractivity contribution in [2.75, 3.05) is 11.9 Å². The molecule has 2 aromatic rings. The molecular formula is C16H17BrN2O2. The molecule has 1 aliphatic carbocycles. The Kier molecular flexibility index (Phi) is 4.10. The second-order valence-electron chi connectivity index (χ2n) is 5.20. The summed E-state index contributed by atoms with van der Waals surface area (Å²) in [6.45, 7) is 2.17. The Labute approximate surface area is 132 Å². The predicted molar refractivity (Wildman–Crippen MR) is 86.7 cm³/mol. The summed E-state index contributed by atoms with van der Waals surface area (Å²) in [4.78, 5) is 16.5. The number of benzene rings is 1. The molecule has 110 valence electrons. The number of halogens is 1. The van der Waals surface area contributed by atoms with Crippen LogP contribution in [0, 0.1) is 0 Å². The largest absolute Gasteiger partial charge is 0.462 e.